The molecule has 6 heteroatoms. The van der Waals surface area contributed by atoms with E-state index in [2.05, 4.69) is 5.32 Å². The van der Waals surface area contributed by atoms with E-state index in [9.17, 15) is 9.59 Å². The average molecular weight is 357 g/mol. The molecule has 1 aromatic heterocycles. The van der Waals surface area contributed by atoms with Crippen LogP contribution in [0.2, 0.25) is 0 Å². The fourth-order valence-electron chi connectivity index (χ4n) is 3.46. The highest BCUT2D eigenvalue weighted by Crippen LogP contribution is 2.25. The lowest BCUT2D eigenvalue weighted by Gasteiger charge is -2.23. The highest BCUT2D eigenvalue weighted by molar-refractivity contribution is 6.07. The van der Waals surface area contributed by atoms with E-state index in [1.54, 1.807) is 0 Å². The first-order valence-corrected chi connectivity index (χ1v) is 8.98. The lowest BCUT2D eigenvalue weighted by Crippen LogP contribution is -2.43. The number of nitrogens with one attached hydrogen (secondary N) is 1. The highest BCUT2D eigenvalue weighted by Gasteiger charge is 2.35. The van der Waals surface area contributed by atoms with Crippen molar-refractivity contribution in [1.29, 1.82) is 0 Å². The van der Waals surface area contributed by atoms with Crippen molar-refractivity contribution in [1.82, 2.24) is 14.8 Å². The first-order valence-electron chi connectivity index (χ1n) is 8.98. The van der Waals surface area contributed by atoms with Gasteiger partial charge in [0.25, 0.3) is 5.91 Å². The summed E-state index contributed by atoms with van der Waals surface area (Å²) >= 11 is 0. The molecule has 1 saturated heterocycles. The number of ether oxygens (including phenoxy) is 1. The first-order chi connectivity index (χ1) is 12.2. The van der Waals surface area contributed by atoms with Crippen LogP contribution in [0.15, 0.2) is 30.5 Å². The molecule has 140 valence electrons. The van der Waals surface area contributed by atoms with Crippen LogP contribution < -0.4 is 5.32 Å². The molecule has 2 atom stereocenters. The second kappa shape index (κ2) is 6.67. The minimum Gasteiger partial charge on any atom is -0.444 e. The van der Waals surface area contributed by atoms with Gasteiger partial charge in [-0.05, 0) is 32.8 Å². The summed E-state index contributed by atoms with van der Waals surface area (Å²) in [6.45, 7) is 8.65. The van der Waals surface area contributed by atoms with Gasteiger partial charge in [0, 0.05) is 37.2 Å². The van der Waals surface area contributed by atoms with Crippen molar-refractivity contribution >= 4 is 22.9 Å². The maximum atomic E-state index is 13.0. The fraction of sp³-hybridized carbons (Fsp3) is 0.500. The van der Waals surface area contributed by atoms with Gasteiger partial charge in [-0.2, -0.15) is 0 Å². The Hall–Kier alpha value is -2.50. The van der Waals surface area contributed by atoms with Crippen LogP contribution in [-0.4, -0.2) is 46.2 Å². The van der Waals surface area contributed by atoms with Gasteiger partial charge in [-0.1, -0.05) is 25.1 Å². The Morgan fingerprint density at radius 1 is 1.19 bits per heavy atom. The molecule has 0 saturated carbocycles. The number of carbonyl (C=O) groups is 2. The molecule has 1 N–H and O–H groups in total. The Morgan fingerprint density at radius 2 is 1.88 bits per heavy atom. The number of hydrogen-bond donors (Lipinski definition) is 1. The lowest BCUT2D eigenvalue weighted by atomic mass is 10.1. The van der Waals surface area contributed by atoms with Crippen molar-refractivity contribution in [3.63, 3.8) is 0 Å². The summed E-state index contributed by atoms with van der Waals surface area (Å²) in [4.78, 5) is 26.9. The second-order valence-corrected chi connectivity index (χ2v) is 8.11. The van der Waals surface area contributed by atoms with Gasteiger partial charge in [-0.3, -0.25) is 4.79 Å². The molecule has 1 aromatic carbocycles. The predicted octanol–water partition coefficient (Wildman–Crippen LogP) is 3.16. The number of aromatic nitrogens is 1. The molecule has 1 aliphatic heterocycles. The number of rotatable bonds is 2. The fourth-order valence-corrected chi connectivity index (χ4v) is 3.46. The van der Waals surface area contributed by atoms with Crippen molar-refractivity contribution in [3.8, 4) is 0 Å². The summed E-state index contributed by atoms with van der Waals surface area (Å²) in [6, 6.07) is 7.78. The summed E-state index contributed by atoms with van der Waals surface area (Å²) < 4.78 is 7.30. The number of amides is 2. The van der Waals surface area contributed by atoms with Crippen LogP contribution in [0.3, 0.4) is 0 Å². The normalized spacial score (nSPS) is 20.4. The second-order valence-electron chi connectivity index (χ2n) is 8.11. The number of nitrogens with zero attached hydrogens (tertiary/aromatic N) is 2. The Kier molecular flexibility index (Phi) is 4.69. The van der Waals surface area contributed by atoms with Gasteiger partial charge in [0.15, 0.2) is 0 Å². The molecule has 1 fully saturated rings. The number of benzene rings is 1. The standard InChI is InChI=1S/C20H27N3O3/c1-13-10-23(12-16(13)21-19(25)26-20(2,3)4)18(24)15-11-22(5)17-9-7-6-8-14(15)17/h6-9,11,13,16H,10,12H2,1-5H3,(H,21,25). The van der Waals surface area contributed by atoms with Crippen LogP contribution in [0.4, 0.5) is 4.79 Å². The van der Waals surface area contributed by atoms with Gasteiger partial charge in [-0.15, -0.1) is 0 Å². The third-order valence-electron chi connectivity index (χ3n) is 4.73. The quantitative estimate of drug-likeness (QED) is 0.898. The Labute approximate surface area is 154 Å². The van der Waals surface area contributed by atoms with E-state index in [0.29, 0.717) is 18.7 Å². The SMILES string of the molecule is CC1CN(C(=O)c2cn(C)c3ccccc23)CC1NC(=O)OC(C)(C)C. The molecule has 26 heavy (non-hydrogen) atoms. The molecule has 2 unspecified atom stereocenters. The number of alkyl carbamates (subject to hydrolysis) is 1. The van der Waals surface area contributed by atoms with Crippen molar-refractivity contribution in [2.45, 2.75) is 39.3 Å². The topological polar surface area (TPSA) is 63.6 Å². The van der Waals surface area contributed by atoms with Crippen molar-refractivity contribution in [3.05, 3.63) is 36.0 Å². The largest absolute Gasteiger partial charge is 0.444 e. The molecule has 3 rings (SSSR count). The van der Waals surface area contributed by atoms with Crippen LogP contribution in [-0.2, 0) is 11.8 Å². The van der Waals surface area contributed by atoms with Crippen LogP contribution in [0.5, 0.6) is 0 Å². The Balaban J connectivity index is 1.72. The van der Waals surface area contributed by atoms with E-state index in [1.165, 1.54) is 0 Å². The van der Waals surface area contributed by atoms with Crippen LogP contribution in [0.1, 0.15) is 38.1 Å². The third kappa shape index (κ3) is 3.69. The molecule has 0 aliphatic carbocycles. The summed E-state index contributed by atoms with van der Waals surface area (Å²) in [5.41, 5.74) is 1.20. The van der Waals surface area contributed by atoms with E-state index in [0.717, 1.165) is 10.9 Å². The monoisotopic (exact) mass is 357 g/mol. The molecular weight excluding hydrogens is 330 g/mol. The van der Waals surface area contributed by atoms with Crippen LogP contribution in [0, 0.1) is 5.92 Å². The number of hydrogen-bond acceptors (Lipinski definition) is 3. The number of aryl methyl sites for hydroxylation is 1. The van der Waals surface area contributed by atoms with Crippen LogP contribution in [0.25, 0.3) is 10.9 Å². The number of carbonyl (C=O) groups excluding carboxylic acids is 2. The summed E-state index contributed by atoms with van der Waals surface area (Å²) in [6.07, 6.45) is 1.44. The molecule has 0 radical (unpaired) electrons. The van der Waals surface area contributed by atoms with Crippen molar-refractivity contribution in [2.24, 2.45) is 13.0 Å². The first kappa shape index (κ1) is 18.3. The zero-order valence-corrected chi connectivity index (χ0v) is 16.1. The summed E-state index contributed by atoms with van der Waals surface area (Å²) in [7, 11) is 1.94. The van der Waals surface area contributed by atoms with Gasteiger partial charge in [-0.25, -0.2) is 4.79 Å². The van der Waals surface area contributed by atoms with Crippen molar-refractivity contribution < 1.29 is 14.3 Å². The Morgan fingerprint density at radius 3 is 2.58 bits per heavy atom. The van der Waals surface area contributed by atoms with E-state index in [-0.39, 0.29) is 17.9 Å². The zero-order chi connectivity index (χ0) is 19.1. The zero-order valence-electron chi connectivity index (χ0n) is 16.1. The molecule has 2 amide bonds. The number of para-hydroxylation sites is 1. The molecule has 2 heterocycles. The summed E-state index contributed by atoms with van der Waals surface area (Å²) in [5, 5.41) is 3.86. The van der Waals surface area contributed by atoms with Gasteiger partial charge in [0.05, 0.1) is 11.6 Å². The van der Waals surface area contributed by atoms with Crippen LogP contribution >= 0.6 is 0 Å². The Bertz CT molecular complexity index is 834. The van der Waals surface area contributed by atoms with E-state index in [1.807, 2.05) is 74.7 Å². The average Bonchev–Trinajstić information content (AvgIpc) is 3.06. The molecule has 6 nitrogen and oxygen atoms in total. The highest BCUT2D eigenvalue weighted by atomic mass is 16.6. The predicted molar refractivity (Wildman–Crippen MR) is 101 cm³/mol. The molecule has 0 spiro atoms. The minimum absolute atomic E-state index is 0.00198. The van der Waals surface area contributed by atoms with E-state index < -0.39 is 11.7 Å². The molecule has 0 bridgehead atoms. The molecular formula is C20H27N3O3. The minimum atomic E-state index is -0.537. The van der Waals surface area contributed by atoms with Gasteiger partial charge in [0.2, 0.25) is 0 Å². The maximum absolute atomic E-state index is 13.0. The van der Waals surface area contributed by atoms with E-state index >= 15 is 0 Å². The van der Waals surface area contributed by atoms with Gasteiger partial charge >= 0.3 is 6.09 Å². The van der Waals surface area contributed by atoms with Gasteiger partial charge in [0.1, 0.15) is 5.60 Å². The smallest absolute Gasteiger partial charge is 0.407 e. The van der Waals surface area contributed by atoms with Gasteiger partial charge < -0.3 is 19.5 Å². The van der Waals surface area contributed by atoms with Crippen molar-refractivity contribution in [2.75, 3.05) is 13.1 Å². The number of fused-ring (bicyclic) bond motifs is 1. The lowest BCUT2D eigenvalue weighted by molar-refractivity contribution is 0.0494. The third-order valence-corrected chi connectivity index (χ3v) is 4.73. The maximum Gasteiger partial charge on any atom is 0.407 e. The summed E-state index contributed by atoms with van der Waals surface area (Å²) in [5.74, 6) is 0.170. The molecule has 1 aliphatic rings. The van der Waals surface area contributed by atoms with E-state index in [4.69, 9.17) is 4.74 Å². The number of likely N-dealkylation sites (tertiary alicyclic amines) is 1. The molecule has 2 aromatic rings.